The Balaban J connectivity index is 0.00000324. The molecule has 3 heterocycles. The van der Waals surface area contributed by atoms with Crippen molar-refractivity contribution in [3.05, 3.63) is 65.5 Å². The van der Waals surface area contributed by atoms with Crippen LogP contribution in [0.15, 0.2) is 49.2 Å². The van der Waals surface area contributed by atoms with Gasteiger partial charge in [-0.3, -0.25) is 0 Å². The monoisotopic (exact) mass is 486 g/mol. The molecule has 0 aliphatic carbocycles. The molecule has 1 saturated heterocycles. The first-order valence-corrected chi connectivity index (χ1v) is 11.9. The molecular formula is C26H32ClN6Na. The summed E-state index contributed by atoms with van der Waals surface area (Å²) in [6.45, 7) is 15.0. The molecule has 1 aromatic carbocycles. The van der Waals surface area contributed by atoms with Gasteiger partial charge in [0.15, 0.2) is 0 Å². The van der Waals surface area contributed by atoms with Crippen LogP contribution in [-0.2, 0) is 6.54 Å². The van der Waals surface area contributed by atoms with Crippen LogP contribution in [0.3, 0.4) is 0 Å². The van der Waals surface area contributed by atoms with Gasteiger partial charge in [-0.1, -0.05) is 62.1 Å². The molecule has 3 aromatic rings. The Hall–Kier alpha value is -1.96. The predicted molar refractivity (Wildman–Crippen MR) is 139 cm³/mol. The van der Waals surface area contributed by atoms with Crippen LogP contribution < -0.4 is 46.0 Å². The number of pyridine rings is 1. The number of allylic oxidation sites excluding steroid dienone is 1. The Morgan fingerprint density at radius 2 is 1.82 bits per heavy atom. The molecule has 2 aromatic heterocycles. The largest absolute Gasteiger partial charge is 1.00 e. The maximum atomic E-state index is 6.61. The fourth-order valence-corrected chi connectivity index (χ4v) is 4.64. The van der Waals surface area contributed by atoms with Crippen molar-refractivity contribution in [2.75, 3.05) is 31.9 Å². The van der Waals surface area contributed by atoms with Gasteiger partial charge in [-0.15, -0.1) is 0 Å². The maximum absolute atomic E-state index is 6.61. The number of rotatable bonds is 8. The van der Waals surface area contributed by atoms with Crippen molar-refractivity contribution in [2.24, 2.45) is 5.73 Å². The maximum Gasteiger partial charge on any atom is 1.00 e. The zero-order valence-corrected chi connectivity index (χ0v) is 23.0. The zero-order valence-electron chi connectivity index (χ0n) is 20.3. The number of hydrogen-bond donors (Lipinski definition) is 2. The number of unbranched alkanes of at least 4 members (excludes halogenated alkanes) is 1. The number of nitrogens with two attached hydrogens (primary N) is 2. The molecule has 0 amide bonds. The van der Waals surface area contributed by atoms with E-state index in [-0.39, 0.29) is 36.1 Å². The van der Waals surface area contributed by atoms with Gasteiger partial charge in [0.1, 0.15) is 0 Å². The molecule has 1 aliphatic rings. The van der Waals surface area contributed by atoms with E-state index in [0.29, 0.717) is 10.8 Å². The van der Waals surface area contributed by atoms with Crippen molar-refractivity contribution < 1.29 is 29.6 Å². The first kappa shape index (κ1) is 26.6. The van der Waals surface area contributed by atoms with Gasteiger partial charge in [-0.2, -0.15) is 0 Å². The second-order valence-corrected chi connectivity index (χ2v) is 8.96. The van der Waals surface area contributed by atoms with Crippen molar-refractivity contribution in [2.45, 2.75) is 32.7 Å². The molecule has 0 spiro atoms. The summed E-state index contributed by atoms with van der Waals surface area (Å²) in [5.74, 6) is 0.433. The molecule has 6 nitrogen and oxygen atoms in total. The second kappa shape index (κ2) is 11.6. The molecule has 1 fully saturated rings. The molecule has 0 bridgehead atoms. The van der Waals surface area contributed by atoms with Gasteiger partial charge < -0.3 is 26.3 Å². The van der Waals surface area contributed by atoms with Crippen LogP contribution in [0.5, 0.6) is 0 Å². The molecule has 34 heavy (non-hydrogen) atoms. The summed E-state index contributed by atoms with van der Waals surface area (Å²) in [6.07, 6.45) is 3.47. The summed E-state index contributed by atoms with van der Waals surface area (Å²) in [5, 5.41) is 1.53. The zero-order chi connectivity index (χ0) is 23.5. The number of aromatic nitrogens is 2. The van der Waals surface area contributed by atoms with Crippen LogP contribution in [0.4, 0.5) is 5.82 Å². The van der Waals surface area contributed by atoms with Gasteiger partial charge in [0.25, 0.3) is 0 Å². The molecule has 4 rings (SSSR count). The number of hydrogen-bond acceptors (Lipinski definition) is 5. The Bertz CT molecular complexity index is 1180. The summed E-state index contributed by atoms with van der Waals surface area (Å²) < 4.78 is 0. The van der Waals surface area contributed by atoms with E-state index in [1.54, 1.807) is 6.07 Å². The number of benzene rings is 1. The first-order valence-electron chi connectivity index (χ1n) is 11.5. The Morgan fingerprint density at radius 1 is 1.12 bits per heavy atom. The SMILES string of the molecule is C=C(CCCC)N1CCN(C(=C)c2ccc3c(Cl)cc(-c4cc(N)[n-]c4CN)nc3c2)CC1.[Na+]. The average molecular weight is 487 g/mol. The standard InChI is InChI=1S/C26H32ClN6.Na/c1-4-5-6-17(2)32-9-11-33(12-10-32)18(3)19-7-8-20-22(27)15-24(30-23(20)13-19)21-14-26(29)31-25(21)16-28;/h7-8,13-15H,2-6,9-12,16,28-29H2,1H3;/q-1;+1. The first-order chi connectivity index (χ1) is 15.9. The van der Waals surface area contributed by atoms with E-state index in [1.165, 1.54) is 18.5 Å². The quantitative estimate of drug-likeness (QED) is 0.473. The minimum Gasteiger partial charge on any atom is -0.495 e. The number of nitrogens with zero attached hydrogens (tertiary/aromatic N) is 4. The topological polar surface area (TPSA) is 85.5 Å². The van der Waals surface area contributed by atoms with Crippen LogP contribution in [-0.4, -0.2) is 41.0 Å². The molecule has 1 aliphatic heterocycles. The third-order valence-corrected chi connectivity index (χ3v) is 6.67. The van der Waals surface area contributed by atoms with Crippen molar-refractivity contribution in [1.29, 1.82) is 0 Å². The minimum absolute atomic E-state index is 0. The van der Waals surface area contributed by atoms with Gasteiger partial charge in [-0.05, 0) is 36.2 Å². The number of fused-ring (bicyclic) bond motifs is 1. The second-order valence-electron chi connectivity index (χ2n) is 8.56. The number of anilines is 1. The van der Waals surface area contributed by atoms with Crippen LogP contribution in [0, 0.1) is 0 Å². The fraction of sp³-hybridized carbons (Fsp3) is 0.346. The van der Waals surface area contributed by atoms with E-state index in [2.05, 4.69) is 47.0 Å². The van der Waals surface area contributed by atoms with Gasteiger partial charge in [0, 0.05) is 55.1 Å². The Labute approximate surface area is 229 Å². The molecular weight excluding hydrogens is 455 g/mol. The predicted octanol–water partition coefficient (Wildman–Crippen LogP) is 1.85. The van der Waals surface area contributed by atoms with Crippen LogP contribution in [0.2, 0.25) is 5.02 Å². The van der Waals surface area contributed by atoms with Crippen LogP contribution in [0.1, 0.15) is 37.4 Å². The summed E-state index contributed by atoms with van der Waals surface area (Å²) in [4.78, 5) is 13.9. The molecule has 8 heteroatoms. The molecule has 0 unspecified atom stereocenters. The normalized spacial score (nSPS) is 13.7. The smallest absolute Gasteiger partial charge is 0.495 e. The molecule has 0 saturated carbocycles. The summed E-state index contributed by atoms with van der Waals surface area (Å²) >= 11 is 6.61. The average Bonchev–Trinajstić information content (AvgIpc) is 3.22. The van der Waals surface area contributed by atoms with Crippen molar-refractivity contribution >= 4 is 34.0 Å². The van der Waals surface area contributed by atoms with Crippen molar-refractivity contribution in [3.8, 4) is 11.3 Å². The van der Waals surface area contributed by atoms with E-state index in [9.17, 15) is 0 Å². The molecule has 0 radical (unpaired) electrons. The van der Waals surface area contributed by atoms with Gasteiger partial charge in [0.2, 0.25) is 0 Å². The van der Waals surface area contributed by atoms with Gasteiger partial charge >= 0.3 is 29.6 Å². The van der Waals surface area contributed by atoms with Crippen molar-refractivity contribution in [3.63, 3.8) is 0 Å². The van der Waals surface area contributed by atoms with Crippen LogP contribution >= 0.6 is 11.6 Å². The summed E-state index contributed by atoms with van der Waals surface area (Å²) in [5.41, 5.74) is 18.1. The Morgan fingerprint density at radius 3 is 2.50 bits per heavy atom. The fourth-order valence-electron chi connectivity index (χ4n) is 4.37. The van der Waals surface area contributed by atoms with E-state index in [4.69, 9.17) is 28.1 Å². The third-order valence-electron chi connectivity index (χ3n) is 6.36. The molecule has 174 valence electrons. The molecule has 0 atom stereocenters. The number of nitrogen functional groups attached to an aromatic ring is 1. The van der Waals surface area contributed by atoms with E-state index in [1.807, 2.05) is 12.1 Å². The molecule has 4 N–H and O–H groups in total. The van der Waals surface area contributed by atoms with Gasteiger partial charge in [0.05, 0.1) is 16.2 Å². The Kier molecular flexibility index (Phi) is 9.13. The van der Waals surface area contributed by atoms with Gasteiger partial charge in [-0.25, -0.2) is 4.98 Å². The van der Waals surface area contributed by atoms with Crippen LogP contribution in [0.25, 0.3) is 27.9 Å². The van der Waals surface area contributed by atoms with E-state index < -0.39 is 0 Å². The number of halogens is 1. The third kappa shape index (κ3) is 5.64. The summed E-state index contributed by atoms with van der Waals surface area (Å²) in [7, 11) is 0. The van der Waals surface area contributed by atoms with Crippen molar-refractivity contribution in [1.82, 2.24) is 19.8 Å². The van der Waals surface area contributed by atoms with E-state index in [0.717, 1.165) is 71.7 Å². The summed E-state index contributed by atoms with van der Waals surface area (Å²) in [6, 6.07) is 9.78. The van der Waals surface area contributed by atoms with E-state index >= 15 is 0 Å². The minimum atomic E-state index is 0. The number of piperazine rings is 1.